The molecule has 1 N–H and O–H groups in total. The number of oxime groups is 1. The minimum atomic E-state index is -4.82. The van der Waals surface area contributed by atoms with Crippen LogP contribution in [-0.2, 0) is 11.0 Å². The minimum Gasteiger partial charge on any atom is -0.392 e. The van der Waals surface area contributed by atoms with Crippen LogP contribution in [0.15, 0.2) is 39.0 Å². The zero-order valence-corrected chi connectivity index (χ0v) is 13.5. The van der Waals surface area contributed by atoms with Gasteiger partial charge in [0.1, 0.15) is 11.8 Å². The zero-order chi connectivity index (χ0) is 18.4. The van der Waals surface area contributed by atoms with Gasteiger partial charge in [-0.2, -0.15) is 13.2 Å². The second-order valence-electron chi connectivity index (χ2n) is 5.48. The SMILES string of the molecule is CC1CC(c2cc(-n3c(=O)cc(C(F)(F)F)[nH]c3=O)ccc2Cl)=NO1. The maximum atomic E-state index is 12.7. The van der Waals surface area contributed by atoms with Gasteiger partial charge in [-0.25, -0.2) is 9.36 Å². The summed E-state index contributed by atoms with van der Waals surface area (Å²) < 4.78 is 38.6. The fourth-order valence-electron chi connectivity index (χ4n) is 2.43. The Morgan fingerprint density at radius 3 is 2.60 bits per heavy atom. The summed E-state index contributed by atoms with van der Waals surface area (Å²) in [5, 5.41) is 4.20. The maximum absolute atomic E-state index is 12.7. The molecular formula is C15H11ClF3N3O3. The summed E-state index contributed by atoms with van der Waals surface area (Å²) >= 11 is 6.12. The Morgan fingerprint density at radius 1 is 1.32 bits per heavy atom. The fourth-order valence-corrected chi connectivity index (χ4v) is 2.65. The van der Waals surface area contributed by atoms with Crippen LogP contribution < -0.4 is 11.2 Å². The number of aromatic nitrogens is 2. The number of nitrogens with zero attached hydrogens (tertiary/aromatic N) is 2. The first-order valence-corrected chi connectivity index (χ1v) is 7.51. The second-order valence-corrected chi connectivity index (χ2v) is 5.89. The van der Waals surface area contributed by atoms with Gasteiger partial charge in [-0.1, -0.05) is 16.8 Å². The highest BCUT2D eigenvalue weighted by Crippen LogP contribution is 2.27. The van der Waals surface area contributed by atoms with Crippen LogP contribution in [0.25, 0.3) is 5.69 Å². The Balaban J connectivity index is 2.12. The summed E-state index contributed by atoms with van der Waals surface area (Å²) in [6.07, 6.45) is -4.50. The molecule has 1 aromatic carbocycles. The van der Waals surface area contributed by atoms with Gasteiger partial charge in [0.05, 0.1) is 11.4 Å². The molecule has 25 heavy (non-hydrogen) atoms. The monoisotopic (exact) mass is 373 g/mol. The molecule has 2 aromatic rings. The van der Waals surface area contributed by atoms with Crippen molar-refractivity contribution in [2.75, 3.05) is 0 Å². The molecule has 1 atom stereocenters. The van der Waals surface area contributed by atoms with E-state index in [0.29, 0.717) is 33.4 Å². The molecule has 6 nitrogen and oxygen atoms in total. The first-order valence-electron chi connectivity index (χ1n) is 7.13. The lowest BCUT2D eigenvalue weighted by Crippen LogP contribution is -2.35. The molecule has 0 spiro atoms. The third-order valence-electron chi connectivity index (χ3n) is 3.58. The molecular weight excluding hydrogens is 363 g/mol. The number of rotatable bonds is 2. The fraction of sp³-hybridized carbons (Fsp3) is 0.267. The van der Waals surface area contributed by atoms with Crippen LogP contribution in [0, 0.1) is 0 Å². The van der Waals surface area contributed by atoms with Gasteiger partial charge in [-0.05, 0) is 25.1 Å². The molecule has 3 rings (SSSR count). The van der Waals surface area contributed by atoms with Crippen molar-refractivity contribution >= 4 is 17.3 Å². The van der Waals surface area contributed by atoms with Crippen LogP contribution in [0.2, 0.25) is 5.02 Å². The highest BCUT2D eigenvalue weighted by Gasteiger charge is 2.33. The van der Waals surface area contributed by atoms with Gasteiger partial charge in [-0.15, -0.1) is 0 Å². The average Bonchev–Trinajstić information content (AvgIpc) is 2.93. The van der Waals surface area contributed by atoms with Gasteiger partial charge in [-0.3, -0.25) is 4.79 Å². The van der Waals surface area contributed by atoms with Crippen LogP contribution in [0.3, 0.4) is 0 Å². The Hall–Kier alpha value is -2.55. The number of halogens is 4. The molecule has 10 heteroatoms. The molecule has 1 unspecified atom stereocenters. The zero-order valence-electron chi connectivity index (χ0n) is 12.7. The van der Waals surface area contributed by atoms with Crippen LogP contribution in [0.1, 0.15) is 24.6 Å². The van der Waals surface area contributed by atoms with E-state index in [9.17, 15) is 22.8 Å². The van der Waals surface area contributed by atoms with Crippen molar-refractivity contribution in [3.05, 3.63) is 61.4 Å². The van der Waals surface area contributed by atoms with E-state index in [1.807, 2.05) is 0 Å². The summed E-state index contributed by atoms with van der Waals surface area (Å²) in [7, 11) is 0. The average molecular weight is 374 g/mol. The van der Waals surface area contributed by atoms with Gasteiger partial charge in [0.2, 0.25) is 0 Å². The maximum Gasteiger partial charge on any atom is 0.431 e. The van der Waals surface area contributed by atoms with Crippen molar-refractivity contribution in [2.24, 2.45) is 5.16 Å². The van der Waals surface area contributed by atoms with Crippen molar-refractivity contribution in [1.29, 1.82) is 0 Å². The van der Waals surface area contributed by atoms with E-state index in [1.54, 1.807) is 11.9 Å². The lowest BCUT2D eigenvalue weighted by molar-refractivity contribution is -0.141. The predicted octanol–water partition coefficient (Wildman–Crippen LogP) is 2.71. The summed E-state index contributed by atoms with van der Waals surface area (Å²) in [5.41, 5.74) is -2.68. The number of hydrogen-bond acceptors (Lipinski definition) is 4. The topological polar surface area (TPSA) is 76.5 Å². The van der Waals surface area contributed by atoms with Crippen molar-refractivity contribution < 1.29 is 18.0 Å². The highest BCUT2D eigenvalue weighted by atomic mass is 35.5. The lowest BCUT2D eigenvalue weighted by Gasteiger charge is -2.10. The molecule has 0 bridgehead atoms. The van der Waals surface area contributed by atoms with Crippen molar-refractivity contribution in [3.63, 3.8) is 0 Å². The van der Waals surface area contributed by atoms with E-state index < -0.39 is 23.1 Å². The van der Waals surface area contributed by atoms with E-state index >= 15 is 0 Å². The Morgan fingerprint density at radius 2 is 2.04 bits per heavy atom. The van der Waals surface area contributed by atoms with E-state index in [2.05, 4.69) is 5.16 Å². The summed E-state index contributed by atoms with van der Waals surface area (Å²) in [6, 6.07) is 4.53. The number of nitrogens with one attached hydrogen (secondary N) is 1. The Kier molecular flexibility index (Phi) is 4.19. The third kappa shape index (κ3) is 3.32. The molecule has 0 fully saturated rings. The standard InChI is InChI=1S/C15H11ClF3N3O3/c1-7-4-11(21-25-7)9-5-8(2-3-10(9)16)22-13(23)6-12(15(17,18)19)20-14(22)24/h2-3,5-7H,4H2,1H3,(H,20,24). The number of benzene rings is 1. The highest BCUT2D eigenvalue weighted by molar-refractivity contribution is 6.34. The molecule has 0 saturated heterocycles. The van der Waals surface area contributed by atoms with E-state index in [-0.39, 0.29) is 11.8 Å². The van der Waals surface area contributed by atoms with Gasteiger partial charge in [0.25, 0.3) is 5.56 Å². The summed E-state index contributed by atoms with van der Waals surface area (Å²) in [6.45, 7) is 1.80. The third-order valence-corrected chi connectivity index (χ3v) is 3.91. The smallest absolute Gasteiger partial charge is 0.392 e. The van der Waals surface area contributed by atoms with Gasteiger partial charge in [0, 0.05) is 23.1 Å². The van der Waals surface area contributed by atoms with Gasteiger partial charge >= 0.3 is 11.9 Å². The molecule has 1 aliphatic heterocycles. The normalized spacial score (nSPS) is 17.3. The molecule has 1 aliphatic rings. The number of aromatic amines is 1. The number of H-pyrrole nitrogens is 1. The Labute approximate surface area is 143 Å². The van der Waals surface area contributed by atoms with Gasteiger partial charge < -0.3 is 9.82 Å². The molecule has 0 radical (unpaired) electrons. The first kappa shape index (κ1) is 17.3. The van der Waals surface area contributed by atoms with Crippen molar-refractivity contribution in [1.82, 2.24) is 9.55 Å². The van der Waals surface area contributed by atoms with Crippen LogP contribution in [-0.4, -0.2) is 21.4 Å². The lowest BCUT2D eigenvalue weighted by atomic mass is 10.0. The van der Waals surface area contributed by atoms with E-state index in [1.165, 1.54) is 18.2 Å². The summed E-state index contributed by atoms with van der Waals surface area (Å²) in [4.78, 5) is 30.8. The predicted molar refractivity (Wildman–Crippen MR) is 84.4 cm³/mol. The Bertz CT molecular complexity index is 947. The van der Waals surface area contributed by atoms with Crippen LogP contribution >= 0.6 is 11.6 Å². The molecule has 1 aromatic heterocycles. The number of alkyl halides is 3. The van der Waals surface area contributed by atoms with Crippen molar-refractivity contribution in [2.45, 2.75) is 25.6 Å². The molecule has 0 aliphatic carbocycles. The minimum absolute atomic E-state index is 0.0710. The van der Waals surface area contributed by atoms with E-state index in [0.717, 1.165) is 0 Å². The van der Waals surface area contributed by atoms with Crippen LogP contribution in [0.4, 0.5) is 13.2 Å². The molecule has 0 amide bonds. The second kappa shape index (κ2) is 6.07. The largest absolute Gasteiger partial charge is 0.431 e. The quantitative estimate of drug-likeness (QED) is 0.879. The molecule has 0 saturated carbocycles. The molecule has 132 valence electrons. The first-order chi connectivity index (χ1) is 11.7. The van der Waals surface area contributed by atoms with E-state index in [4.69, 9.17) is 16.4 Å². The van der Waals surface area contributed by atoms with Crippen molar-refractivity contribution in [3.8, 4) is 5.69 Å². The van der Waals surface area contributed by atoms with Gasteiger partial charge in [0.15, 0.2) is 0 Å². The summed E-state index contributed by atoms with van der Waals surface area (Å²) in [5.74, 6) is 0. The molecule has 2 heterocycles. The van der Waals surface area contributed by atoms with Crippen LogP contribution in [0.5, 0.6) is 0 Å². The number of hydrogen-bond donors (Lipinski definition) is 1.